The van der Waals surface area contributed by atoms with E-state index >= 15 is 0 Å². The van der Waals surface area contributed by atoms with E-state index in [9.17, 15) is 27.5 Å². The molecule has 1 rings (SSSR count). The lowest BCUT2D eigenvalue weighted by Gasteiger charge is -2.20. The SMILES string of the molecule is C=C(C(/C=C/C(=O)C[C@@H](O)CC(=O)OC)=C(\N=C(C)N(C)S(C)(=O)=O)C(C)C)c1ccc(F)cc1. The molecule has 0 unspecified atom stereocenters. The van der Waals surface area contributed by atoms with Crippen LogP contribution >= 0.6 is 0 Å². The number of aliphatic hydroxyl groups is 1. The molecule has 0 aromatic heterocycles. The highest BCUT2D eigenvalue weighted by Gasteiger charge is 2.18. The van der Waals surface area contributed by atoms with Crippen LogP contribution in [0.25, 0.3) is 5.57 Å². The molecule has 0 spiro atoms. The first-order valence-corrected chi connectivity index (χ1v) is 12.7. The molecule has 0 saturated carbocycles. The Bertz CT molecular complexity index is 1130. The lowest BCUT2D eigenvalue weighted by Crippen LogP contribution is -2.30. The lowest BCUT2D eigenvalue weighted by molar-refractivity contribution is -0.143. The third-order valence-corrected chi connectivity index (χ3v) is 6.34. The summed E-state index contributed by atoms with van der Waals surface area (Å²) in [6.45, 7) is 9.33. The first-order chi connectivity index (χ1) is 16.2. The Hall–Kier alpha value is -3.11. The van der Waals surface area contributed by atoms with E-state index in [0.717, 1.165) is 10.6 Å². The van der Waals surface area contributed by atoms with Crippen LogP contribution in [0.3, 0.4) is 0 Å². The molecule has 0 fully saturated rings. The minimum Gasteiger partial charge on any atom is -0.469 e. The van der Waals surface area contributed by atoms with E-state index in [2.05, 4.69) is 16.3 Å². The number of amidine groups is 1. The number of benzene rings is 1. The summed E-state index contributed by atoms with van der Waals surface area (Å²) < 4.78 is 42.9. The number of nitrogens with zero attached hydrogens (tertiary/aromatic N) is 2. The van der Waals surface area contributed by atoms with Gasteiger partial charge in [0.2, 0.25) is 10.0 Å². The molecule has 0 bridgehead atoms. The van der Waals surface area contributed by atoms with Crippen molar-refractivity contribution in [3.8, 4) is 0 Å². The van der Waals surface area contributed by atoms with E-state index in [1.54, 1.807) is 6.92 Å². The zero-order chi connectivity index (χ0) is 26.9. The molecular formula is C25H33FN2O6S. The van der Waals surface area contributed by atoms with Gasteiger partial charge in [-0.1, -0.05) is 32.6 Å². The zero-order valence-electron chi connectivity index (χ0n) is 20.9. The second kappa shape index (κ2) is 13.1. The van der Waals surface area contributed by atoms with Gasteiger partial charge in [-0.05, 0) is 48.3 Å². The van der Waals surface area contributed by atoms with Crippen molar-refractivity contribution >= 4 is 33.2 Å². The molecule has 0 heterocycles. The highest BCUT2D eigenvalue weighted by atomic mass is 32.2. The average molecular weight is 509 g/mol. The number of allylic oxidation sites excluding steroid dienone is 5. The van der Waals surface area contributed by atoms with Crippen molar-refractivity contribution in [1.82, 2.24) is 4.31 Å². The molecule has 1 aromatic carbocycles. The van der Waals surface area contributed by atoms with Gasteiger partial charge in [-0.25, -0.2) is 17.8 Å². The number of carbonyl (C=O) groups excluding carboxylic acids is 2. The van der Waals surface area contributed by atoms with Crippen molar-refractivity contribution in [3.05, 3.63) is 65.6 Å². The summed E-state index contributed by atoms with van der Waals surface area (Å²) in [5, 5.41) is 9.95. The van der Waals surface area contributed by atoms with Gasteiger partial charge in [0.05, 0.1) is 31.6 Å². The summed E-state index contributed by atoms with van der Waals surface area (Å²) in [5.41, 5.74) is 1.90. The fourth-order valence-electron chi connectivity index (χ4n) is 2.96. The number of hydrogen-bond acceptors (Lipinski definition) is 7. The number of esters is 1. The van der Waals surface area contributed by atoms with Crippen LogP contribution < -0.4 is 0 Å². The van der Waals surface area contributed by atoms with E-state index in [1.165, 1.54) is 50.6 Å². The zero-order valence-corrected chi connectivity index (χ0v) is 21.7. The maximum atomic E-state index is 13.5. The largest absolute Gasteiger partial charge is 0.469 e. The van der Waals surface area contributed by atoms with E-state index < -0.39 is 33.7 Å². The summed E-state index contributed by atoms with van der Waals surface area (Å²) in [6.07, 6.45) is 1.93. The van der Waals surface area contributed by atoms with Gasteiger partial charge in [-0.2, -0.15) is 0 Å². The second-order valence-corrected chi connectivity index (χ2v) is 10.3. The Morgan fingerprint density at radius 2 is 1.77 bits per heavy atom. The van der Waals surface area contributed by atoms with Crippen LogP contribution in [-0.4, -0.2) is 61.9 Å². The molecule has 8 nitrogen and oxygen atoms in total. The summed E-state index contributed by atoms with van der Waals surface area (Å²) in [4.78, 5) is 28.3. The van der Waals surface area contributed by atoms with Gasteiger partial charge < -0.3 is 9.84 Å². The number of hydrogen-bond donors (Lipinski definition) is 1. The number of ether oxygens (including phenoxy) is 1. The normalized spacial score (nSPS) is 14.0. The number of ketones is 1. The number of halogens is 1. The quantitative estimate of drug-likeness (QED) is 0.161. The smallest absolute Gasteiger partial charge is 0.308 e. The fourth-order valence-corrected chi connectivity index (χ4v) is 3.48. The van der Waals surface area contributed by atoms with E-state index in [1.807, 2.05) is 13.8 Å². The molecule has 192 valence electrons. The Kier molecular flexibility index (Phi) is 11.2. The van der Waals surface area contributed by atoms with Gasteiger partial charge >= 0.3 is 5.97 Å². The molecule has 1 atom stereocenters. The Labute approximate surface area is 206 Å². The number of carbonyl (C=O) groups is 2. The maximum absolute atomic E-state index is 13.5. The summed E-state index contributed by atoms with van der Waals surface area (Å²) in [5.74, 6) is -1.53. The molecule has 0 aliphatic carbocycles. The molecule has 0 aliphatic heterocycles. The van der Waals surface area contributed by atoms with Gasteiger partial charge in [0, 0.05) is 19.0 Å². The van der Waals surface area contributed by atoms with Crippen LogP contribution in [-0.2, 0) is 24.3 Å². The monoisotopic (exact) mass is 508 g/mol. The van der Waals surface area contributed by atoms with E-state index in [0.29, 0.717) is 22.4 Å². The molecule has 0 aliphatic rings. The van der Waals surface area contributed by atoms with Crippen molar-refractivity contribution in [2.24, 2.45) is 10.9 Å². The molecule has 0 amide bonds. The summed E-state index contributed by atoms with van der Waals surface area (Å²) in [6, 6.07) is 5.61. The molecule has 35 heavy (non-hydrogen) atoms. The van der Waals surface area contributed by atoms with E-state index in [4.69, 9.17) is 0 Å². The number of aliphatic hydroxyl groups excluding tert-OH is 1. The van der Waals surface area contributed by atoms with Crippen molar-refractivity contribution in [2.45, 2.75) is 39.7 Å². The number of sulfonamides is 1. The van der Waals surface area contributed by atoms with E-state index in [-0.39, 0.29) is 24.6 Å². The minimum absolute atomic E-state index is 0.203. The van der Waals surface area contributed by atoms with Crippen LogP contribution in [0, 0.1) is 11.7 Å². The molecule has 10 heteroatoms. The van der Waals surface area contributed by atoms with Crippen molar-refractivity contribution in [2.75, 3.05) is 20.4 Å². The Morgan fingerprint density at radius 3 is 2.26 bits per heavy atom. The topological polar surface area (TPSA) is 113 Å². The number of methoxy groups -OCH3 is 1. The predicted octanol–water partition coefficient (Wildman–Crippen LogP) is 3.50. The fraction of sp³-hybridized carbons (Fsp3) is 0.400. The summed E-state index contributed by atoms with van der Waals surface area (Å²) in [7, 11) is -0.985. The van der Waals surface area contributed by atoms with Crippen LogP contribution in [0.5, 0.6) is 0 Å². The molecule has 1 N–H and O–H groups in total. The highest BCUT2D eigenvalue weighted by molar-refractivity contribution is 7.88. The van der Waals surface area contributed by atoms with Crippen molar-refractivity contribution < 1.29 is 32.2 Å². The van der Waals surface area contributed by atoms with Crippen molar-refractivity contribution in [3.63, 3.8) is 0 Å². The average Bonchev–Trinajstić information content (AvgIpc) is 2.76. The molecule has 0 saturated heterocycles. The van der Waals surface area contributed by atoms with Gasteiger partial charge in [-0.15, -0.1) is 0 Å². The highest BCUT2D eigenvalue weighted by Crippen LogP contribution is 2.30. The first-order valence-electron chi connectivity index (χ1n) is 10.8. The predicted molar refractivity (Wildman–Crippen MR) is 134 cm³/mol. The molecular weight excluding hydrogens is 475 g/mol. The standard InChI is InChI=1S/C25H33FN2O6S/c1-16(2)25(27-18(4)28(5)35(7,32)33)23(17(3)19-8-10-20(26)11-9-19)13-12-21(29)14-22(30)15-24(31)34-6/h8-13,16,22,30H,3,14-15H2,1-2,4-7H3/b13-12+,25-23-,27-18?/t22-/m1/s1. The Balaban J connectivity index is 3.54. The van der Waals surface area contributed by atoms with Crippen LogP contribution in [0.1, 0.15) is 39.2 Å². The molecule has 1 aromatic rings. The van der Waals surface area contributed by atoms with Gasteiger partial charge in [0.25, 0.3) is 0 Å². The van der Waals surface area contributed by atoms with Gasteiger partial charge in [-0.3, -0.25) is 13.9 Å². The minimum atomic E-state index is -3.55. The maximum Gasteiger partial charge on any atom is 0.308 e. The second-order valence-electron chi connectivity index (χ2n) is 8.27. The van der Waals surface area contributed by atoms with Crippen LogP contribution in [0.2, 0.25) is 0 Å². The number of rotatable bonds is 11. The van der Waals surface area contributed by atoms with Gasteiger partial charge in [0.15, 0.2) is 5.78 Å². The number of aliphatic imine (C=N–C) groups is 1. The molecule has 0 radical (unpaired) electrons. The lowest BCUT2D eigenvalue weighted by atomic mass is 9.93. The first kappa shape index (κ1) is 29.9. The van der Waals surface area contributed by atoms with Crippen LogP contribution in [0.15, 0.2) is 59.3 Å². The van der Waals surface area contributed by atoms with Crippen LogP contribution in [0.4, 0.5) is 4.39 Å². The summed E-state index contributed by atoms with van der Waals surface area (Å²) >= 11 is 0. The Morgan fingerprint density at radius 1 is 1.20 bits per heavy atom. The van der Waals surface area contributed by atoms with Crippen molar-refractivity contribution in [1.29, 1.82) is 0 Å². The third-order valence-electron chi connectivity index (χ3n) is 5.08. The third kappa shape index (κ3) is 9.58. The van der Waals surface area contributed by atoms with Gasteiger partial charge in [0.1, 0.15) is 11.7 Å².